The van der Waals surface area contributed by atoms with Gasteiger partial charge in [0.1, 0.15) is 0 Å². The van der Waals surface area contributed by atoms with E-state index in [-0.39, 0.29) is 11.9 Å². The van der Waals surface area contributed by atoms with Crippen molar-refractivity contribution in [2.75, 3.05) is 26.7 Å². The molecule has 1 aliphatic heterocycles. The molecule has 0 radical (unpaired) electrons. The number of hydrogen-bond acceptors (Lipinski definition) is 3. The second kappa shape index (κ2) is 7.14. The van der Waals surface area contributed by atoms with Gasteiger partial charge in [-0.3, -0.25) is 9.89 Å². The van der Waals surface area contributed by atoms with Crippen molar-refractivity contribution >= 4 is 5.91 Å². The van der Waals surface area contributed by atoms with Gasteiger partial charge >= 0.3 is 0 Å². The summed E-state index contributed by atoms with van der Waals surface area (Å²) in [5.41, 5.74) is 3.54. The first-order chi connectivity index (χ1) is 12.7. The van der Waals surface area contributed by atoms with E-state index in [1.807, 2.05) is 53.4 Å². The van der Waals surface area contributed by atoms with E-state index in [0.717, 1.165) is 29.9 Å². The lowest BCUT2D eigenvalue weighted by atomic mass is 10.0. The zero-order valence-corrected chi connectivity index (χ0v) is 14.8. The molecule has 132 valence electrons. The van der Waals surface area contributed by atoms with Crippen molar-refractivity contribution < 1.29 is 4.79 Å². The largest absolute Gasteiger partial charge is 0.329 e. The average Bonchev–Trinajstić information content (AvgIpc) is 3.19. The van der Waals surface area contributed by atoms with Gasteiger partial charge in [-0.05, 0) is 12.6 Å². The molecule has 1 saturated heterocycles. The summed E-state index contributed by atoms with van der Waals surface area (Å²) < 4.78 is 0. The number of aromatic nitrogens is 2. The Hall–Kier alpha value is -2.92. The van der Waals surface area contributed by atoms with Gasteiger partial charge in [0, 0.05) is 25.2 Å². The number of aromatic amines is 1. The molecule has 0 saturated carbocycles. The maximum Gasteiger partial charge on any atom is 0.258 e. The van der Waals surface area contributed by atoms with Gasteiger partial charge in [-0.1, -0.05) is 60.7 Å². The summed E-state index contributed by atoms with van der Waals surface area (Å²) in [6.45, 7) is 2.40. The summed E-state index contributed by atoms with van der Waals surface area (Å²) >= 11 is 0. The standard InChI is InChI=1S/C21H22N4O/c1-24-12-13-25(19(15-24)16-8-4-2-5-9-16)21(26)18-14-22-23-20(18)17-10-6-3-7-11-17/h2-11,14,19H,12-13,15H2,1H3,(H,22,23). The van der Waals surface area contributed by atoms with E-state index in [9.17, 15) is 4.79 Å². The molecule has 2 heterocycles. The fourth-order valence-corrected chi connectivity index (χ4v) is 3.55. The van der Waals surface area contributed by atoms with Crippen molar-refractivity contribution in [1.29, 1.82) is 0 Å². The highest BCUT2D eigenvalue weighted by molar-refractivity contribution is 6.00. The molecule has 26 heavy (non-hydrogen) atoms. The van der Waals surface area contributed by atoms with Gasteiger partial charge in [-0.2, -0.15) is 5.10 Å². The number of H-pyrrole nitrogens is 1. The first-order valence-electron chi connectivity index (χ1n) is 8.87. The minimum atomic E-state index is 0.0274. The van der Waals surface area contributed by atoms with Crippen LogP contribution in [-0.2, 0) is 0 Å². The maximum atomic E-state index is 13.4. The van der Waals surface area contributed by atoms with Crippen molar-refractivity contribution in [2.24, 2.45) is 0 Å². The Kier molecular flexibility index (Phi) is 4.54. The fourth-order valence-electron chi connectivity index (χ4n) is 3.55. The molecule has 0 aliphatic carbocycles. The minimum Gasteiger partial charge on any atom is -0.329 e. The van der Waals surface area contributed by atoms with E-state index in [1.54, 1.807) is 6.20 Å². The molecule has 5 nitrogen and oxygen atoms in total. The quantitative estimate of drug-likeness (QED) is 0.792. The normalized spacial score (nSPS) is 18.0. The second-order valence-electron chi connectivity index (χ2n) is 6.71. The molecule has 1 fully saturated rings. The van der Waals surface area contributed by atoms with Crippen LogP contribution >= 0.6 is 0 Å². The number of nitrogens with one attached hydrogen (secondary N) is 1. The highest BCUT2D eigenvalue weighted by Gasteiger charge is 2.32. The molecule has 2 aromatic carbocycles. The van der Waals surface area contributed by atoms with Crippen LogP contribution in [0.25, 0.3) is 11.3 Å². The molecule has 3 aromatic rings. The van der Waals surface area contributed by atoms with Gasteiger partial charge in [-0.15, -0.1) is 0 Å². The van der Waals surface area contributed by atoms with Crippen LogP contribution in [0.2, 0.25) is 0 Å². The Bertz CT molecular complexity index is 875. The molecular formula is C21H22N4O. The smallest absolute Gasteiger partial charge is 0.258 e. The van der Waals surface area contributed by atoms with E-state index in [0.29, 0.717) is 12.1 Å². The van der Waals surface area contributed by atoms with Crippen LogP contribution < -0.4 is 0 Å². The summed E-state index contributed by atoms with van der Waals surface area (Å²) in [4.78, 5) is 17.6. The molecule has 1 aliphatic rings. The number of rotatable bonds is 3. The lowest BCUT2D eigenvalue weighted by molar-refractivity contribution is 0.0499. The van der Waals surface area contributed by atoms with Crippen molar-refractivity contribution in [1.82, 2.24) is 20.0 Å². The van der Waals surface area contributed by atoms with E-state index in [2.05, 4.69) is 34.3 Å². The Labute approximate surface area is 153 Å². The number of carbonyl (C=O) groups is 1. The number of amides is 1. The van der Waals surface area contributed by atoms with Gasteiger partial charge in [0.05, 0.1) is 23.5 Å². The van der Waals surface area contributed by atoms with Crippen molar-refractivity contribution in [3.05, 3.63) is 78.0 Å². The number of nitrogens with zero attached hydrogens (tertiary/aromatic N) is 3. The third-order valence-corrected chi connectivity index (χ3v) is 4.96. The first kappa shape index (κ1) is 16.5. The van der Waals surface area contributed by atoms with Crippen LogP contribution in [0.4, 0.5) is 0 Å². The number of hydrogen-bond donors (Lipinski definition) is 1. The number of piperazine rings is 1. The van der Waals surface area contributed by atoms with E-state index < -0.39 is 0 Å². The molecule has 1 unspecified atom stereocenters. The second-order valence-corrected chi connectivity index (χ2v) is 6.71. The Morgan fingerprint density at radius 3 is 2.46 bits per heavy atom. The molecule has 5 heteroatoms. The molecule has 1 amide bonds. The molecule has 1 aromatic heterocycles. The van der Waals surface area contributed by atoms with Crippen molar-refractivity contribution in [3.63, 3.8) is 0 Å². The van der Waals surface area contributed by atoms with Gasteiger partial charge in [0.25, 0.3) is 5.91 Å². The van der Waals surface area contributed by atoms with Crippen LogP contribution in [0, 0.1) is 0 Å². The van der Waals surface area contributed by atoms with Crippen LogP contribution in [0.1, 0.15) is 22.0 Å². The predicted octanol–water partition coefficient (Wildman–Crippen LogP) is 3.21. The van der Waals surface area contributed by atoms with Crippen LogP contribution in [0.3, 0.4) is 0 Å². The molecular weight excluding hydrogens is 324 g/mol. The monoisotopic (exact) mass is 346 g/mol. The zero-order chi connectivity index (χ0) is 17.9. The lowest BCUT2D eigenvalue weighted by Gasteiger charge is -2.40. The first-order valence-corrected chi connectivity index (χ1v) is 8.87. The summed E-state index contributed by atoms with van der Waals surface area (Å²) in [5, 5.41) is 7.14. The molecule has 1 N–H and O–H groups in total. The summed E-state index contributed by atoms with van der Waals surface area (Å²) in [7, 11) is 2.10. The van der Waals surface area contributed by atoms with Gasteiger partial charge in [0.2, 0.25) is 0 Å². The Balaban J connectivity index is 1.68. The SMILES string of the molecule is CN1CCN(C(=O)c2cn[nH]c2-c2ccccc2)C(c2ccccc2)C1. The topological polar surface area (TPSA) is 52.2 Å². The third-order valence-electron chi connectivity index (χ3n) is 4.96. The maximum absolute atomic E-state index is 13.4. The number of likely N-dealkylation sites (N-methyl/N-ethyl adjacent to an activating group) is 1. The van der Waals surface area contributed by atoms with E-state index >= 15 is 0 Å². The molecule has 0 bridgehead atoms. The molecule has 0 spiro atoms. The van der Waals surface area contributed by atoms with Crippen molar-refractivity contribution in [2.45, 2.75) is 6.04 Å². The minimum absolute atomic E-state index is 0.0274. The number of benzene rings is 2. The molecule has 1 atom stereocenters. The number of carbonyl (C=O) groups excluding carboxylic acids is 1. The lowest BCUT2D eigenvalue weighted by Crippen LogP contribution is -2.49. The molecule has 4 rings (SSSR count). The van der Waals surface area contributed by atoms with Crippen molar-refractivity contribution in [3.8, 4) is 11.3 Å². The van der Waals surface area contributed by atoms with Gasteiger partial charge < -0.3 is 9.80 Å². The fraction of sp³-hybridized carbons (Fsp3) is 0.238. The summed E-state index contributed by atoms with van der Waals surface area (Å²) in [6.07, 6.45) is 1.64. The Morgan fingerprint density at radius 1 is 1.04 bits per heavy atom. The van der Waals surface area contributed by atoms with E-state index in [4.69, 9.17) is 0 Å². The summed E-state index contributed by atoms with van der Waals surface area (Å²) in [5.74, 6) is 0.0274. The predicted molar refractivity (Wildman–Crippen MR) is 102 cm³/mol. The van der Waals surface area contributed by atoms with Crippen LogP contribution in [-0.4, -0.2) is 52.6 Å². The Morgan fingerprint density at radius 2 is 1.73 bits per heavy atom. The zero-order valence-electron chi connectivity index (χ0n) is 14.8. The van der Waals surface area contributed by atoms with Gasteiger partial charge in [0.15, 0.2) is 0 Å². The van der Waals surface area contributed by atoms with Crippen LogP contribution in [0.15, 0.2) is 66.9 Å². The highest BCUT2D eigenvalue weighted by Crippen LogP contribution is 2.29. The van der Waals surface area contributed by atoms with Gasteiger partial charge in [-0.25, -0.2) is 0 Å². The summed E-state index contributed by atoms with van der Waals surface area (Å²) in [6, 6.07) is 20.2. The highest BCUT2D eigenvalue weighted by atomic mass is 16.2. The van der Waals surface area contributed by atoms with Crippen LogP contribution in [0.5, 0.6) is 0 Å². The van der Waals surface area contributed by atoms with E-state index in [1.165, 1.54) is 0 Å². The third kappa shape index (κ3) is 3.13. The average molecular weight is 346 g/mol.